The monoisotopic (exact) mass is 382 g/mol. The Hall–Kier alpha value is -4.04. The highest BCUT2D eigenvalue weighted by atomic mass is 15.0. The van der Waals surface area contributed by atoms with E-state index in [1.807, 2.05) is 0 Å². The summed E-state index contributed by atoms with van der Waals surface area (Å²) in [4.78, 5) is 3.67. The molecule has 2 aromatic heterocycles. The lowest BCUT2D eigenvalue weighted by molar-refractivity contribution is 1.18. The van der Waals surface area contributed by atoms with E-state index >= 15 is 0 Å². The van der Waals surface area contributed by atoms with Crippen LogP contribution < -0.4 is 0 Å². The first kappa shape index (κ1) is 15.8. The lowest BCUT2D eigenvalue weighted by Gasteiger charge is -2.07. The molecule has 0 spiro atoms. The van der Waals surface area contributed by atoms with Crippen molar-refractivity contribution < 1.29 is 0 Å². The van der Waals surface area contributed by atoms with Crippen molar-refractivity contribution in [2.24, 2.45) is 0 Å². The average Bonchev–Trinajstić information content (AvgIpc) is 3.35. The van der Waals surface area contributed by atoms with Crippen LogP contribution in [0.15, 0.2) is 103 Å². The number of hydrogen-bond acceptors (Lipinski definition) is 0. The van der Waals surface area contributed by atoms with E-state index in [4.69, 9.17) is 0 Å². The van der Waals surface area contributed by atoms with Crippen LogP contribution in [0.2, 0.25) is 0 Å². The standard InChI is InChI=1S/C28H18N2/c1-2-9-19(10-3-1)30-24-13-7-6-12-21(24)27-25(30)17-16-23-28(27)26-20-11-5-4-8-18(20)14-15-22(26)29-23/h1-17,29H. The maximum absolute atomic E-state index is 3.67. The number of hydrogen-bond donors (Lipinski definition) is 1. The van der Waals surface area contributed by atoms with Crippen molar-refractivity contribution >= 4 is 54.4 Å². The molecule has 0 saturated heterocycles. The third-order valence-electron chi connectivity index (χ3n) is 6.30. The molecule has 0 aliphatic heterocycles. The molecule has 1 N–H and O–H groups in total. The van der Waals surface area contributed by atoms with Gasteiger partial charge in [-0.25, -0.2) is 0 Å². The largest absolute Gasteiger partial charge is 0.354 e. The molecule has 0 unspecified atom stereocenters. The predicted octanol–water partition coefficient (Wildman–Crippen LogP) is 7.57. The Morgan fingerprint density at radius 2 is 1.17 bits per heavy atom. The summed E-state index contributed by atoms with van der Waals surface area (Å²) in [6.07, 6.45) is 0. The minimum atomic E-state index is 1.19. The lowest BCUT2D eigenvalue weighted by atomic mass is 10.0. The minimum absolute atomic E-state index is 1.19. The molecule has 0 aliphatic carbocycles. The Morgan fingerprint density at radius 1 is 0.467 bits per heavy atom. The van der Waals surface area contributed by atoms with E-state index in [2.05, 4.69) is 113 Å². The Kier molecular flexibility index (Phi) is 3.03. The normalized spacial score (nSPS) is 12.0. The molecule has 0 atom stereocenters. The molecule has 0 fully saturated rings. The number of fused-ring (bicyclic) bond motifs is 9. The van der Waals surface area contributed by atoms with Gasteiger partial charge in [-0.15, -0.1) is 0 Å². The number of para-hydroxylation sites is 2. The van der Waals surface area contributed by atoms with Crippen molar-refractivity contribution in [1.82, 2.24) is 9.55 Å². The number of rotatable bonds is 1. The zero-order valence-electron chi connectivity index (χ0n) is 16.3. The van der Waals surface area contributed by atoms with Gasteiger partial charge in [0, 0.05) is 38.3 Å². The van der Waals surface area contributed by atoms with Gasteiger partial charge in [-0.3, -0.25) is 0 Å². The number of H-pyrrole nitrogens is 1. The molecule has 0 bridgehead atoms. The fourth-order valence-electron chi connectivity index (χ4n) is 5.07. The molecule has 5 aromatic carbocycles. The maximum Gasteiger partial charge on any atom is 0.0548 e. The minimum Gasteiger partial charge on any atom is -0.354 e. The van der Waals surface area contributed by atoms with Gasteiger partial charge in [0.05, 0.1) is 11.0 Å². The number of aromatic nitrogens is 2. The van der Waals surface area contributed by atoms with Gasteiger partial charge in [-0.05, 0) is 47.2 Å². The van der Waals surface area contributed by atoms with Crippen LogP contribution in [0, 0.1) is 0 Å². The molecule has 0 radical (unpaired) electrons. The summed E-state index contributed by atoms with van der Waals surface area (Å²) in [5.41, 5.74) is 6.04. The fraction of sp³-hybridized carbons (Fsp3) is 0. The van der Waals surface area contributed by atoms with Crippen LogP contribution in [-0.2, 0) is 0 Å². The van der Waals surface area contributed by atoms with Crippen LogP contribution in [-0.4, -0.2) is 9.55 Å². The Labute approximate surface area is 173 Å². The second-order valence-corrected chi connectivity index (χ2v) is 7.90. The first-order valence-electron chi connectivity index (χ1n) is 10.3. The van der Waals surface area contributed by atoms with Crippen LogP contribution in [0.1, 0.15) is 0 Å². The predicted molar refractivity (Wildman–Crippen MR) is 128 cm³/mol. The summed E-state index contributed by atoms with van der Waals surface area (Å²) < 4.78 is 2.38. The molecule has 2 nitrogen and oxygen atoms in total. The van der Waals surface area contributed by atoms with Gasteiger partial charge < -0.3 is 9.55 Å². The molecule has 7 aromatic rings. The molecule has 7 rings (SSSR count). The van der Waals surface area contributed by atoms with Gasteiger partial charge in [0.25, 0.3) is 0 Å². The third-order valence-corrected chi connectivity index (χ3v) is 6.30. The Balaban J connectivity index is 1.80. The first-order chi connectivity index (χ1) is 14.9. The molecular weight excluding hydrogens is 364 g/mol. The molecular formula is C28H18N2. The van der Waals surface area contributed by atoms with Crippen molar-refractivity contribution in [3.63, 3.8) is 0 Å². The highest BCUT2D eigenvalue weighted by Crippen LogP contribution is 2.41. The van der Waals surface area contributed by atoms with Gasteiger partial charge >= 0.3 is 0 Å². The smallest absolute Gasteiger partial charge is 0.0548 e. The molecule has 2 heterocycles. The van der Waals surface area contributed by atoms with E-state index in [-0.39, 0.29) is 0 Å². The van der Waals surface area contributed by atoms with Crippen molar-refractivity contribution in [2.75, 3.05) is 0 Å². The molecule has 30 heavy (non-hydrogen) atoms. The van der Waals surface area contributed by atoms with E-state index < -0.39 is 0 Å². The second kappa shape index (κ2) is 5.74. The third kappa shape index (κ3) is 1.98. The van der Waals surface area contributed by atoms with E-state index in [0.717, 1.165) is 0 Å². The quantitative estimate of drug-likeness (QED) is 0.302. The van der Waals surface area contributed by atoms with E-state index in [1.54, 1.807) is 0 Å². The van der Waals surface area contributed by atoms with Gasteiger partial charge in [-0.1, -0.05) is 66.7 Å². The molecule has 0 amide bonds. The number of nitrogens with one attached hydrogen (secondary N) is 1. The van der Waals surface area contributed by atoms with E-state index in [1.165, 1.54) is 60.1 Å². The van der Waals surface area contributed by atoms with Crippen LogP contribution in [0.25, 0.3) is 60.1 Å². The van der Waals surface area contributed by atoms with Crippen LogP contribution >= 0.6 is 0 Å². The zero-order valence-corrected chi connectivity index (χ0v) is 16.3. The molecule has 0 saturated carbocycles. The molecule has 2 heteroatoms. The Bertz CT molecular complexity index is 1730. The zero-order chi connectivity index (χ0) is 19.7. The summed E-state index contributed by atoms with van der Waals surface area (Å²) in [6, 6.07) is 37.0. The van der Waals surface area contributed by atoms with Gasteiger partial charge in [0.2, 0.25) is 0 Å². The van der Waals surface area contributed by atoms with Gasteiger partial charge in [0.15, 0.2) is 0 Å². The SMILES string of the molecule is c1ccc(-n2c3ccccc3c3c4c(ccc32)[nH]c2ccc3ccccc3c24)cc1. The summed E-state index contributed by atoms with van der Waals surface area (Å²) >= 11 is 0. The number of nitrogens with zero attached hydrogens (tertiary/aromatic N) is 1. The average molecular weight is 382 g/mol. The summed E-state index contributed by atoms with van der Waals surface area (Å²) in [6.45, 7) is 0. The van der Waals surface area contributed by atoms with Crippen LogP contribution in [0.5, 0.6) is 0 Å². The van der Waals surface area contributed by atoms with Crippen LogP contribution in [0.4, 0.5) is 0 Å². The van der Waals surface area contributed by atoms with Gasteiger partial charge in [0.1, 0.15) is 0 Å². The lowest BCUT2D eigenvalue weighted by Crippen LogP contribution is -1.92. The van der Waals surface area contributed by atoms with Gasteiger partial charge in [-0.2, -0.15) is 0 Å². The van der Waals surface area contributed by atoms with Crippen molar-refractivity contribution in [3.8, 4) is 5.69 Å². The maximum atomic E-state index is 3.67. The summed E-state index contributed by atoms with van der Waals surface area (Å²) in [5, 5.41) is 7.79. The highest BCUT2D eigenvalue weighted by molar-refractivity contribution is 6.32. The van der Waals surface area contributed by atoms with Crippen molar-refractivity contribution in [3.05, 3.63) is 103 Å². The second-order valence-electron chi connectivity index (χ2n) is 7.90. The van der Waals surface area contributed by atoms with Crippen molar-refractivity contribution in [1.29, 1.82) is 0 Å². The topological polar surface area (TPSA) is 20.7 Å². The molecule has 140 valence electrons. The Morgan fingerprint density at radius 3 is 2.07 bits per heavy atom. The van der Waals surface area contributed by atoms with E-state index in [9.17, 15) is 0 Å². The van der Waals surface area contributed by atoms with Crippen molar-refractivity contribution in [2.45, 2.75) is 0 Å². The van der Waals surface area contributed by atoms with Crippen LogP contribution in [0.3, 0.4) is 0 Å². The number of benzene rings is 5. The summed E-state index contributed by atoms with van der Waals surface area (Å²) in [7, 11) is 0. The number of aromatic amines is 1. The fourth-order valence-corrected chi connectivity index (χ4v) is 5.07. The first-order valence-corrected chi connectivity index (χ1v) is 10.3. The highest BCUT2D eigenvalue weighted by Gasteiger charge is 2.18. The van der Waals surface area contributed by atoms with E-state index in [0.29, 0.717) is 0 Å². The summed E-state index contributed by atoms with van der Waals surface area (Å²) in [5.74, 6) is 0. The molecule has 0 aliphatic rings.